The quantitative estimate of drug-likeness (QED) is 0.945. The van der Waals surface area contributed by atoms with Crippen molar-refractivity contribution in [1.82, 2.24) is 4.57 Å². The Bertz CT molecular complexity index is 796. The Balaban J connectivity index is 3.10. The van der Waals surface area contributed by atoms with Gasteiger partial charge in [-0.25, -0.2) is 13.6 Å². The van der Waals surface area contributed by atoms with Gasteiger partial charge in [0.15, 0.2) is 5.82 Å². The number of fused-ring (bicyclic) bond motifs is 1. The molecule has 0 fully saturated rings. The van der Waals surface area contributed by atoms with Crippen molar-refractivity contribution in [3.05, 3.63) is 45.2 Å². The second-order valence-corrected chi connectivity index (χ2v) is 5.03. The molecule has 0 aliphatic rings. The molecule has 21 heavy (non-hydrogen) atoms. The van der Waals surface area contributed by atoms with Crippen LogP contribution in [0, 0.1) is 18.6 Å². The smallest absolute Gasteiger partial charge is 0.341 e. The fraction of sp³-hybridized carbons (Fsp3) is 0.333. The van der Waals surface area contributed by atoms with E-state index in [0.717, 1.165) is 12.3 Å². The number of pyridine rings is 1. The molecule has 0 aliphatic carbocycles. The lowest BCUT2D eigenvalue weighted by Gasteiger charge is -2.19. The highest BCUT2D eigenvalue weighted by Crippen LogP contribution is 2.26. The molecule has 0 bridgehead atoms. The average molecular weight is 295 g/mol. The van der Waals surface area contributed by atoms with E-state index in [1.807, 2.05) is 6.92 Å². The number of aryl methyl sites for hydroxylation is 1. The molecule has 0 saturated carbocycles. The molecule has 0 aliphatic heterocycles. The first-order chi connectivity index (χ1) is 9.79. The Morgan fingerprint density at radius 2 is 2.00 bits per heavy atom. The molecule has 1 N–H and O–H groups in total. The number of hydrogen-bond donors (Lipinski definition) is 1. The third kappa shape index (κ3) is 2.30. The van der Waals surface area contributed by atoms with Crippen molar-refractivity contribution >= 4 is 16.9 Å². The molecule has 6 heteroatoms. The van der Waals surface area contributed by atoms with Crippen molar-refractivity contribution in [3.8, 4) is 0 Å². The molecule has 1 atom stereocenters. The van der Waals surface area contributed by atoms with Crippen molar-refractivity contribution in [2.75, 3.05) is 0 Å². The summed E-state index contributed by atoms with van der Waals surface area (Å²) in [5, 5.41) is 8.92. The molecule has 0 saturated heterocycles. The predicted molar refractivity (Wildman–Crippen MR) is 74.8 cm³/mol. The molecule has 112 valence electrons. The van der Waals surface area contributed by atoms with E-state index in [0.29, 0.717) is 6.42 Å². The molecule has 1 heterocycles. The number of aromatic carboxylic acids is 1. The highest BCUT2D eigenvalue weighted by molar-refractivity contribution is 5.94. The van der Waals surface area contributed by atoms with Crippen LogP contribution in [0.5, 0.6) is 0 Å². The zero-order chi connectivity index (χ0) is 15.9. The Kier molecular flexibility index (Phi) is 3.80. The first-order valence-electron chi connectivity index (χ1n) is 6.56. The number of rotatable bonds is 3. The minimum absolute atomic E-state index is 0.0449. The summed E-state index contributed by atoms with van der Waals surface area (Å²) in [6, 6.07) is 0.488. The summed E-state index contributed by atoms with van der Waals surface area (Å²) < 4.78 is 29.2. The first-order valence-corrected chi connectivity index (χ1v) is 6.56. The standard InChI is InChI=1S/C15H15F2NO3/c1-4-7(2)18-6-9(15(20)21)14(19)12-8(3)10(16)5-11(17)13(12)18/h5-7H,4H2,1-3H3,(H,20,21). The van der Waals surface area contributed by atoms with Crippen LogP contribution in [-0.2, 0) is 0 Å². The van der Waals surface area contributed by atoms with Gasteiger partial charge in [0.2, 0.25) is 5.43 Å². The zero-order valence-corrected chi connectivity index (χ0v) is 11.9. The van der Waals surface area contributed by atoms with Gasteiger partial charge in [0, 0.05) is 18.3 Å². The van der Waals surface area contributed by atoms with Crippen molar-refractivity contribution in [2.45, 2.75) is 33.2 Å². The number of nitrogens with zero attached hydrogens (tertiary/aromatic N) is 1. The monoisotopic (exact) mass is 295 g/mol. The van der Waals surface area contributed by atoms with Crippen LogP contribution in [0.3, 0.4) is 0 Å². The first kappa shape index (κ1) is 15.2. The van der Waals surface area contributed by atoms with Gasteiger partial charge in [-0.2, -0.15) is 0 Å². The molecule has 0 spiro atoms. The maximum atomic E-state index is 14.1. The lowest BCUT2D eigenvalue weighted by molar-refractivity contribution is 0.0694. The summed E-state index contributed by atoms with van der Waals surface area (Å²) >= 11 is 0. The van der Waals surface area contributed by atoms with Crippen molar-refractivity contribution < 1.29 is 18.7 Å². The fourth-order valence-electron chi connectivity index (χ4n) is 2.33. The van der Waals surface area contributed by atoms with E-state index < -0.39 is 28.6 Å². The molecule has 0 radical (unpaired) electrons. The molecule has 1 unspecified atom stereocenters. The summed E-state index contributed by atoms with van der Waals surface area (Å²) in [6.07, 6.45) is 1.73. The third-order valence-electron chi connectivity index (χ3n) is 3.74. The van der Waals surface area contributed by atoms with E-state index in [-0.39, 0.29) is 22.5 Å². The molecule has 0 amide bonds. The van der Waals surface area contributed by atoms with Crippen molar-refractivity contribution in [3.63, 3.8) is 0 Å². The van der Waals surface area contributed by atoms with E-state index in [9.17, 15) is 18.4 Å². The number of carboxylic acid groups (broad SMARTS) is 1. The number of hydrogen-bond acceptors (Lipinski definition) is 2. The van der Waals surface area contributed by atoms with Gasteiger partial charge in [0.05, 0.1) is 10.9 Å². The fourth-order valence-corrected chi connectivity index (χ4v) is 2.33. The van der Waals surface area contributed by atoms with Gasteiger partial charge in [-0.3, -0.25) is 4.79 Å². The highest BCUT2D eigenvalue weighted by Gasteiger charge is 2.22. The maximum Gasteiger partial charge on any atom is 0.341 e. The topological polar surface area (TPSA) is 59.3 Å². The third-order valence-corrected chi connectivity index (χ3v) is 3.74. The average Bonchev–Trinajstić information content (AvgIpc) is 2.43. The van der Waals surface area contributed by atoms with Crippen molar-refractivity contribution in [2.24, 2.45) is 0 Å². The Hall–Kier alpha value is -2.24. The molecular weight excluding hydrogens is 280 g/mol. The number of carbonyl (C=O) groups is 1. The van der Waals surface area contributed by atoms with Gasteiger partial charge in [0.1, 0.15) is 11.4 Å². The summed E-state index contributed by atoms with van der Waals surface area (Å²) in [7, 11) is 0. The summed E-state index contributed by atoms with van der Waals surface area (Å²) in [5.74, 6) is -3.15. The molecule has 2 rings (SSSR count). The van der Waals surface area contributed by atoms with Crippen LogP contribution in [0.1, 0.15) is 42.2 Å². The van der Waals surface area contributed by atoms with Gasteiger partial charge in [-0.15, -0.1) is 0 Å². The predicted octanol–water partition coefficient (Wildman–Crippen LogP) is 3.26. The number of halogens is 2. The van der Waals surface area contributed by atoms with Gasteiger partial charge in [0.25, 0.3) is 0 Å². The largest absolute Gasteiger partial charge is 0.477 e. The number of aromatic nitrogens is 1. The second-order valence-electron chi connectivity index (χ2n) is 5.03. The van der Waals surface area contributed by atoms with E-state index in [1.165, 1.54) is 11.5 Å². The molecule has 2 aromatic rings. The number of benzene rings is 1. The minimum atomic E-state index is -1.41. The SMILES string of the molecule is CCC(C)n1cc(C(=O)O)c(=O)c2c(C)c(F)cc(F)c21. The van der Waals surface area contributed by atoms with E-state index in [4.69, 9.17) is 5.11 Å². The minimum Gasteiger partial charge on any atom is -0.477 e. The molecule has 4 nitrogen and oxygen atoms in total. The van der Waals surface area contributed by atoms with Crippen LogP contribution in [0.4, 0.5) is 8.78 Å². The zero-order valence-electron chi connectivity index (χ0n) is 11.9. The van der Waals surface area contributed by atoms with Crippen LogP contribution in [0.25, 0.3) is 10.9 Å². The van der Waals surface area contributed by atoms with Gasteiger partial charge < -0.3 is 9.67 Å². The number of carboxylic acids is 1. The van der Waals surface area contributed by atoms with E-state index in [1.54, 1.807) is 6.92 Å². The Morgan fingerprint density at radius 1 is 1.38 bits per heavy atom. The molecular formula is C15H15F2NO3. The maximum absolute atomic E-state index is 14.1. The lowest BCUT2D eigenvalue weighted by atomic mass is 10.0. The van der Waals surface area contributed by atoms with Crippen LogP contribution >= 0.6 is 0 Å². The van der Waals surface area contributed by atoms with Gasteiger partial charge in [-0.05, 0) is 25.8 Å². The van der Waals surface area contributed by atoms with E-state index >= 15 is 0 Å². The second kappa shape index (κ2) is 5.27. The van der Waals surface area contributed by atoms with Crippen LogP contribution < -0.4 is 5.43 Å². The normalized spacial score (nSPS) is 12.6. The summed E-state index contributed by atoms with van der Waals surface area (Å²) in [6.45, 7) is 4.96. The van der Waals surface area contributed by atoms with Crippen molar-refractivity contribution in [1.29, 1.82) is 0 Å². The van der Waals surface area contributed by atoms with Gasteiger partial charge in [-0.1, -0.05) is 6.92 Å². The summed E-state index contributed by atoms with van der Waals surface area (Å²) in [5.41, 5.74) is -1.46. The molecule has 1 aromatic heterocycles. The summed E-state index contributed by atoms with van der Waals surface area (Å²) in [4.78, 5) is 23.4. The Labute approximate surface area is 119 Å². The Morgan fingerprint density at radius 3 is 2.52 bits per heavy atom. The van der Waals surface area contributed by atoms with E-state index in [2.05, 4.69) is 0 Å². The lowest BCUT2D eigenvalue weighted by Crippen LogP contribution is -2.22. The van der Waals surface area contributed by atoms with Gasteiger partial charge >= 0.3 is 5.97 Å². The van der Waals surface area contributed by atoms with Crippen LogP contribution in [0.2, 0.25) is 0 Å². The van der Waals surface area contributed by atoms with Crippen LogP contribution in [0.15, 0.2) is 17.1 Å². The van der Waals surface area contributed by atoms with Crippen LogP contribution in [-0.4, -0.2) is 15.6 Å². The highest BCUT2D eigenvalue weighted by atomic mass is 19.1. The molecule has 1 aromatic carbocycles.